The van der Waals surface area contributed by atoms with Crippen molar-refractivity contribution in [2.75, 3.05) is 0 Å². The van der Waals surface area contributed by atoms with E-state index in [1.54, 1.807) is 0 Å². The van der Waals surface area contributed by atoms with Crippen LogP contribution in [0.1, 0.15) is 25.0 Å². The Kier molecular flexibility index (Phi) is 19.0. The van der Waals surface area contributed by atoms with Crippen LogP contribution in [0.4, 0.5) is 0 Å². The molecule has 33 rings (SSSR count). The minimum atomic E-state index is -0.0681. The van der Waals surface area contributed by atoms with E-state index in [4.69, 9.17) is 0 Å². The van der Waals surface area contributed by atoms with E-state index in [0.717, 1.165) is 17.1 Å². The number of para-hydroxylation sites is 6. The third kappa shape index (κ3) is 13.1. The Morgan fingerprint density at radius 1 is 0.161 bits per heavy atom. The quantitative estimate of drug-likeness (QED) is 0.138. The van der Waals surface area contributed by atoms with Crippen LogP contribution in [0, 0.1) is 0 Å². The van der Waals surface area contributed by atoms with Gasteiger partial charge in [0.05, 0.1) is 55.2 Å². The van der Waals surface area contributed by atoms with Gasteiger partial charge in [-0.3, -0.25) is 0 Å². The topological polar surface area (TPSA) is 29.6 Å². The van der Waals surface area contributed by atoms with E-state index < -0.39 is 0 Å². The normalized spacial score (nSPS) is 12.6. The summed E-state index contributed by atoms with van der Waals surface area (Å²) in [6.45, 7) is 4.73. The van der Waals surface area contributed by atoms with Crippen LogP contribution in [0.25, 0.3) is 286 Å². The largest absolute Gasteiger partial charge is 0.344 e. The summed E-state index contributed by atoms with van der Waals surface area (Å²) in [6, 6.07) is 181. The molecule has 698 valence electrons. The zero-order valence-electron chi connectivity index (χ0n) is 81.7. The smallest absolute Gasteiger partial charge is 0.0548 e. The fourth-order valence-corrected chi connectivity index (χ4v) is 28.9. The molecule has 23 aromatic carbocycles. The van der Waals surface area contributed by atoms with E-state index in [1.165, 1.54) is 280 Å². The second-order valence-corrected chi connectivity index (χ2v) is 43.6. The van der Waals surface area contributed by atoms with Gasteiger partial charge in [-0.2, -0.15) is 0 Å². The SMILES string of the molecule is CC1(C)c2ccccc2-c2ccc(-n3c4ccccc4c4cc5c(cc43)c3ccccc3n5-c3ccc(-c4cccc5c4sc4ccccc45)cc3)cc21.Cn1c2ccccc2c2cc3c(cc21)c1ccccc1n3-c1ccc(-c2cccc3c2sc2ccccc23)cc1.c1ccc2cc(-c3ccc(-n4c5ccccc5c5cc6c(cc54)c4ccccc4n6-c4ccc(-c5cccc6c5sc5ccccc56)cc4)cc3)ccc2c1. The fraction of sp³-hybridized carbons (Fsp3) is 0.0286. The molecule has 0 amide bonds. The van der Waals surface area contributed by atoms with Gasteiger partial charge in [-0.05, 0) is 235 Å². The molecule has 6 nitrogen and oxygen atoms in total. The second kappa shape index (κ2) is 33.2. The molecule has 0 saturated carbocycles. The molecule has 0 bridgehead atoms. The Hall–Kier alpha value is -18.2. The summed E-state index contributed by atoms with van der Waals surface area (Å²) in [5.41, 5.74) is 36.0. The van der Waals surface area contributed by atoms with E-state index in [-0.39, 0.29) is 5.41 Å². The Morgan fingerprint density at radius 3 is 0.819 bits per heavy atom. The van der Waals surface area contributed by atoms with Crippen molar-refractivity contribution >= 4 is 236 Å². The molecule has 1 aliphatic carbocycles. The minimum absolute atomic E-state index is 0.0681. The van der Waals surface area contributed by atoms with Gasteiger partial charge in [0.15, 0.2) is 0 Å². The third-order valence-electron chi connectivity index (χ3n) is 32.2. The molecule has 0 spiro atoms. The number of benzene rings is 23. The molecule has 0 saturated heterocycles. The van der Waals surface area contributed by atoms with Crippen LogP contribution in [0.3, 0.4) is 0 Å². The molecule has 1 aliphatic rings. The number of hydrogen-bond acceptors (Lipinski definition) is 3. The average Bonchev–Trinajstić information content (AvgIpc) is 1.55. The Morgan fingerprint density at radius 2 is 0.430 bits per heavy atom. The van der Waals surface area contributed by atoms with Gasteiger partial charge < -0.3 is 27.4 Å². The summed E-state index contributed by atoms with van der Waals surface area (Å²) in [5.74, 6) is 0. The summed E-state index contributed by atoms with van der Waals surface area (Å²) < 4.78 is 22.6. The molecular weight excluding hydrogens is 1860 g/mol. The van der Waals surface area contributed by atoms with Crippen LogP contribution in [0.2, 0.25) is 0 Å². The van der Waals surface area contributed by atoms with Gasteiger partial charge in [0.25, 0.3) is 0 Å². The molecule has 0 fully saturated rings. The van der Waals surface area contributed by atoms with E-state index in [1.807, 2.05) is 34.0 Å². The monoisotopic (exact) mass is 1950 g/mol. The summed E-state index contributed by atoms with van der Waals surface area (Å²) in [6.07, 6.45) is 0. The van der Waals surface area contributed by atoms with Crippen molar-refractivity contribution in [3.05, 3.63) is 503 Å². The Bertz CT molecular complexity index is 11200. The highest BCUT2D eigenvalue weighted by molar-refractivity contribution is 7.27. The molecule has 0 atom stereocenters. The highest BCUT2D eigenvalue weighted by atomic mass is 32.1. The van der Waals surface area contributed by atoms with Gasteiger partial charge in [0, 0.05) is 177 Å². The summed E-state index contributed by atoms with van der Waals surface area (Å²) in [7, 11) is 2.17. The number of aromatic nitrogens is 6. The number of aryl methyl sites for hydroxylation is 1. The first kappa shape index (κ1) is 85.2. The van der Waals surface area contributed by atoms with Gasteiger partial charge in [0.2, 0.25) is 0 Å². The maximum Gasteiger partial charge on any atom is 0.0548 e. The molecule has 0 N–H and O–H groups in total. The van der Waals surface area contributed by atoms with E-state index in [9.17, 15) is 0 Å². The number of thiophene rings is 3. The predicted octanol–water partition coefficient (Wildman–Crippen LogP) is 39.4. The van der Waals surface area contributed by atoms with E-state index in [2.05, 4.69) is 540 Å². The lowest BCUT2D eigenvalue weighted by atomic mass is 9.82. The van der Waals surface area contributed by atoms with Crippen LogP contribution in [-0.2, 0) is 12.5 Å². The van der Waals surface area contributed by atoms with Gasteiger partial charge in [-0.1, -0.05) is 347 Å². The zero-order chi connectivity index (χ0) is 98.1. The molecule has 9 heterocycles. The summed E-state index contributed by atoms with van der Waals surface area (Å²) in [5, 5.41) is 25.7. The Labute approximate surface area is 869 Å². The van der Waals surface area contributed by atoms with Gasteiger partial charge in [0.1, 0.15) is 0 Å². The van der Waals surface area contributed by atoms with Crippen molar-refractivity contribution in [3.8, 4) is 84.1 Å². The molecule has 9 heteroatoms. The van der Waals surface area contributed by atoms with Crippen molar-refractivity contribution < 1.29 is 0 Å². The number of rotatable bonds is 9. The van der Waals surface area contributed by atoms with Gasteiger partial charge in [-0.25, -0.2) is 0 Å². The standard InChI is InChI=1S/C52H32N2S.C51H34N2S.C37H24N2S/c1-2-11-36-30-37(21-20-33(36)10-1)34-22-26-38(27-23-34)53-47-17-6-3-12-41(47)45-32-50-46(31-49(45)53)42-13-4-7-18-48(42)54(50)39-28-24-35(25-29-39)40-15-9-16-44-43-14-5-8-19-51(43)55-52(40)44;1-51(2)43-18-7-3-12-35(43)36-27-26-33(28-44(36)51)53-46-20-9-5-14-38(46)42-29-47-41(30-48(42)53)37-13-4-8-19-45(37)52(47)32-24-22-31(23-25-32)34-16-11-17-40-39-15-6-10-21-49(39)54-50(34)40;1-38-32-14-5-2-9-26(32)30-22-35-31(21-34(30)38)27-10-3-6-15-33(27)39(35)24-19-17-23(18-20-24)25-12-8-13-29-28-11-4-7-16-36(28)40-37(25)29/h1-32H;3-30H,1-2H3;2-22H,1H3. The molecular formula is C140H90N6S3. The van der Waals surface area contributed by atoms with Gasteiger partial charge >= 0.3 is 0 Å². The number of nitrogens with zero attached hydrogens (tertiary/aromatic N) is 6. The average molecular weight is 1950 g/mol. The van der Waals surface area contributed by atoms with Crippen LogP contribution in [0.15, 0.2) is 491 Å². The highest BCUT2D eigenvalue weighted by Gasteiger charge is 2.36. The molecule has 9 aromatic heterocycles. The van der Waals surface area contributed by atoms with Crippen molar-refractivity contribution in [2.45, 2.75) is 19.3 Å². The lowest BCUT2D eigenvalue weighted by Gasteiger charge is -2.22. The highest BCUT2D eigenvalue weighted by Crippen LogP contribution is 2.53. The van der Waals surface area contributed by atoms with Crippen LogP contribution in [0.5, 0.6) is 0 Å². The first-order valence-corrected chi connectivity index (χ1v) is 53.7. The first-order valence-electron chi connectivity index (χ1n) is 51.3. The molecule has 0 aliphatic heterocycles. The number of hydrogen-bond donors (Lipinski definition) is 0. The number of fused-ring (bicyclic) bond motifs is 31. The molecule has 149 heavy (non-hydrogen) atoms. The predicted molar refractivity (Wildman–Crippen MR) is 640 cm³/mol. The van der Waals surface area contributed by atoms with Gasteiger partial charge in [-0.15, -0.1) is 34.0 Å². The summed E-state index contributed by atoms with van der Waals surface area (Å²) >= 11 is 5.66. The van der Waals surface area contributed by atoms with Crippen molar-refractivity contribution in [2.24, 2.45) is 7.05 Å². The maximum absolute atomic E-state index is 2.49. The third-order valence-corrected chi connectivity index (χ3v) is 35.9. The van der Waals surface area contributed by atoms with E-state index >= 15 is 0 Å². The zero-order valence-corrected chi connectivity index (χ0v) is 84.1. The fourth-order valence-electron chi connectivity index (χ4n) is 25.2. The molecule has 32 aromatic rings. The van der Waals surface area contributed by atoms with E-state index in [0.29, 0.717) is 0 Å². The molecule has 0 unspecified atom stereocenters. The van der Waals surface area contributed by atoms with Crippen molar-refractivity contribution in [1.29, 1.82) is 0 Å². The first-order chi connectivity index (χ1) is 73.6. The van der Waals surface area contributed by atoms with Crippen LogP contribution in [-0.4, -0.2) is 27.4 Å². The lowest BCUT2D eigenvalue weighted by Crippen LogP contribution is -2.15. The second-order valence-electron chi connectivity index (χ2n) is 40.5. The summed E-state index contributed by atoms with van der Waals surface area (Å²) in [4.78, 5) is 0. The van der Waals surface area contributed by atoms with Crippen LogP contribution >= 0.6 is 34.0 Å². The van der Waals surface area contributed by atoms with Crippen LogP contribution < -0.4 is 0 Å². The Balaban J connectivity index is 0.000000102. The lowest BCUT2D eigenvalue weighted by molar-refractivity contribution is 0.660. The maximum atomic E-state index is 2.49. The van der Waals surface area contributed by atoms with Crippen molar-refractivity contribution in [1.82, 2.24) is 27.4 Å². The minimum Gasteiger partial charge on any atom is -0.344 e. The van der Waals surface area contributed by atoms with Crippen molar-refractivity contribution in [3.63, 3.8) is 0 Å². The molecule has 0 radical (unpaired) electrons.